The fourth-order valence-corrected chi connectivity index (χ4v) is 2.81. The summed E-state index contributed by atoms with van der Waals surface area (Å²) in [6.45, 7) is 4.04. The van der Waals surface area contributed by atoms with Crippen molar-refractivity contribution in [3.8, 4) is 5.75 Å². The van der Waals surface area contributed by atoms with Crippen LogP contribution in [-0.2, 0) is 0 Å². The van der Waals surface area contributed by atoms with Crippen LogP contribution in [-0.4, -0.2) is 13.2 Å². The minimum atomic E-state index is 0.381. The highest BCUT2D eigenvalue weighted by Gasteiger charge is 2.21. The van der Waals surface area contributed by atoms with Gasteiger partial charge in [0.25, 0.3) is 0 Å². The molecule has 1 aliphatic heterocycles. The topological polar surface area (TPSA) is 21.3 Å². The molecule has 2 nitrogen and oxygen atoms in total. The van der Waals surface area contributed by atoms with E-state index in [9.17, 15) is 0 Å². The first kappa shape index (κ1) is 13.2. The van der Waals surface area contributed by atoms with E-state index >= 15 is 0 Å². The van der Waals surface area contributed by atoms with Gasteiger partial charge in [-0.2, -0.15) is 0 Å². The second kappa shape index (κ2) is 6.10. The molecule has 3 rings (SSSR count). The van der Waals surface area contributed by atoms with E-state index in [0.717, 1.165) is 25.3 Å². The molecular weight excluding hydrogens is 246 g/mol. The number of hydrogen-bond acceptors (Lipinski definition) is 2. The smallest absolute Gasteiger partial charge is 0.122 e. The molecule has 2 aromatic carbocycles. The molecule has 2 atom stereocenters. The van der Waals surface area contributed by atoms with E-state index in [1.807, 2.05) is 6.07 Å². The third kappa shape index (κ3) is 2.86. The minimum absolute atomic E-state index is 0.381. The number of fused-ring (bicyclic) bond motifs is 1. The molecule has 0 saturated heterocycles. The van der Waals surface area contributed by atoms with Gasteiger partial charge in [-0.05, 0) is 30.5 Å². The van der Waals surface area contributed by atoms with Crippen LogP contribution in [0.25, 0.3) is 0 Å². The minimum Gasteiger partial charge on any atom is -0.493 e. The maximum atomic E-state index is 5.72. The standard InChI is InChI=1S/C18H21NO/c1-14(15-7-3-2-4-8-15)19-13-16-11-12-20-18-10-6-5-9-17(16)18/h2-10,14,16,19H,11-13H2,1H3/t14-,16?/m1/s1. The van der Waals surface area contributed by atoms with Crippen molar-refractivity contribution in [3.05, 3.63) is 65.7 Å². The Bertz CT molecular complexity index is 552. The number of rotatable bonds is 4. The summed E-state index contributed by atoms with van der Waals surface area (Å²) in [5, 5.41) is 3.65. The fourth-order valence-electron chi connectivity index (χ4n) is 2.81. The Balaban J connectivity index is 1.65. The van der Waals surface area contributed by atoms with Gasteiger partial charge in [0.05, 0.1) is 6.61 Å². The molecular formula is C18H21NO. The Kier molecular flexibility index (Phi) is 4.03. The van der Waals surface area contributed by atoms with Gasteiger partial charge in [-0.25, -0.2) is 0 Å². The van der Waals surface area contributed by atoms with Crippen molar-refractivity contribution in [1.82, 2.24) is 5.32 Å². The number of para-hydroxylation sites is 1. The summed E-state index contributed by atoms with van der Waals surface area (Å²) in [6, 6.07) is 19.4. The molecule has 0 radical (unpaired) electrons. The number of hydrogen-bond donors (Lipinski definition) is 1. The van der Waals surface area contributed by atoms with Gasteiger partial charge in [0.15, 0.2) is 0 Å². The molecule has 1 aliphatic rings. The van der Waals surface area contributed by atoms with Crippen LogP contribution in [0.3, 0.4) is 0 Å². The van der Waals surface area contributed by atoms with Crippen LogP contribution in [0.1, 0.15) is 36.4 Å². The van der Waals surface area contributed by atoms with Gasteiger partial charge in [0, 0.05) is 18.5 Å². The molecule has 0 fully saturated rings. The van der Waals surface area contributed by atoms with E-state index in [4.69, 9.17) is 4.74 Å². The molecule has 1 N–H and O–H groups in total. The van der Waals surface area contributed by atoms with E-state index < -0.39 is 0 Å². The molecule has 0 saturated carbocycles. The number of nitrogens with one attached hydrogen (secondary N) is 1. The number of benzene rings is 2. The van der Waals surface area contributed by atoms with Crippen molar-refractivity contribution in [3.63, 3.8) is 0 Å². The maximum Gasteiger partial charge on any atom is 0.122 e. The number of ether oxygens (including phenoxy) is 1. The van der Waals surface area contributed by atoms with Crippen LogP contribution in [0.15, 0.2) is 54.6 Å². The molecule has 0 bridgehead atoms. The van der Waals surface area contributed by atoms with Crippen molar-refractivity contribution in [2.45, 2.75) is 25.3 Å². The van der Waals surface area contributed by atoms with Crippen LogP contribution in [0.4, 0.5) is 0 Å². The first-order valence-electron chi connectivity index (χ1n) is 7.34. The normalized spacial score (nSPS) is 18.9. The highest BCUT2D eigenvalue weighted by Crippen LogP contribution is 2.33. The van der Waals surface area contributed by atoms with Crippen molar-refractivity contribution in [2.75, 3.05) is 13.2 Å². The zero-order valence-electron chi connectivity index (χ0n) is 11.9. The summed E-state index contributed by atoms with van der Waals surface area (Å²) in [5.41, 5.74) is 2.68. The lowest BCUT2D eigenvalue weighted by atomic mass is 9.92. The molecule has 104 valence electrons. The molecule has 0 aliphatic carbocycles. The molecule has 0 amide bonds. The summed E-state index contributed by atoms with van der Waals surface area (Å²) < 4.78 is 5.72. The summed E-state index contributed by atoms with van der Waals surface area (Å²) in [7, 11) is 0. The molecule has 1 unspecified atom stereocenters. The Morgan fingerprint density at radius 1 is 1.10 bits per heavy atom. The fraction of sp³-hybridized carbons (Fsp3) is 0.333. The van der Waals surface area contributed by atoms with E-state index in [2.05, 4.69) is 60.8 Å². The summed E-state index contributed by atoms with van der Waals surface area (Å²) >= 11 is 0. The van der Waals surface area contributed by atoms with Gasteiger partial charge in [-0.1, -0.05) is 48.5 Å². The zero-order valence-corrected chi connectivity index (χ0v) is 11.9. The highest BCUT2D eigenvalue weighted by molar-refractivity contribution is 5.38. The third-order valence-corrected chi connectivity index (χ3v) is 4.05. The van der Waals surface area contributed by atoms with Crippen LogP contribution < -0.4 is 10.1 Å². The second-order valence-corrected chi connectivity index (χ2v) is 5.41. The lowest BCUT2D eigenvalue weighted by molar-refractivity contribution is 0.263. The molecule has 0 spiro atoms. The molecule has 20 heavy (non-hydrogen) atoms. The van der Waals surface area contributed by atoms with Gasteiger partial charge < -0.3 is 10.1 Å². The van der Waals surface area contributed by atoms with E-state index in [1.54, 1.807) is 0 Å². The average molecular weight is 267 g/mol. The van der Waals surface area contributed by atoms with E-state index in [1.165, 1.54) is 11.1 Å². The second-order valence-electron chi connectivity index (χ2n) is 5.41. The summed E-state index contributed by atoms with van der Waals surface area (Å²) in [6.07, 6.45) is 1.09. The largest absolute Gasteiger partial charge is 0.493 e. The molecule has 0 aromatic heterocycles. The predicted octanol–water partition coefficient (Wildman–Crippen LogP) is 3.90. The van der Waals surface area contributed by atoms with Gasteiger partial charge in [-0.3, -0.25) is 0 Å². The SMILES string of the molecule is C[C@@H](NCC1CCOc2ccccc21)c1ccccc1. The van der Waals surface area contributed by atoms with Crippen molar-refractivity contribution < 1.29 is 4.74 Å². The maximum absolute atomic E-state index is 5.72. The first-order chi connectivity index (χ1) is 9.84. The van der Waals surface area contributed by atoms with Crippen LogP contribution in [0.5, 0.6) is 5.75 Å². The van der Waals surface area contributed by atoms with E-state index in [0.29, 0.717) is 12.0 Å². The van der Waals surface area contributed by atoms with Gasteiger partial charge in [-0.15, -0.1) is 0 Å². The third-order valence-electron chi connectivity index (χ3n) is 4.05. The van der Waals surface area contributed by atoms with Gasteiger partial charge in [0.2, 0.25) is 0 Å². The summed E-state index contributed by atoms with van der Waals surface area (Å²) in [4.78, 5) is 0. The first-order valence-corrected chi connectivity index (χ1v) is 7.34. The van der Waals surface area contributed by atoms with Gasteiger partial charge >= 0.3 is 0 Å². The van der Waals surface area contributed by atoms with Crippen LogP contribution >= 0.6 is 0 Å². The highest BCUT2D eigenvalue weighted by atomic mass is 16.5. The van der Waals surface area contributed by atoms with Crippen LogP contribution in [0.2, 0.25) is 0 Å². The van der Waals surface area contributed by atoms with Gasteiger partial charge in [0.1, 0.15) is 5.75 Å². The summed E-state index contributed by atoms with van der Waals surface area (Å²) in [5.74, 6) is 1.60. The van der Waals surface area contributed by atoms with Crippen LogP contribution in [0, 0.1) is 0 Å². The van der Waals surface area contributed by atoms with Crippen molar-refractivity contribution in [2.24, 2.45) is 0 Å². The molecule has 2 heteroatoms. The quantitative estimate of drug-likeness (QED) is 0.907. The average Bonchev–Trinajstić information content (AvgIpc) is 2.53. The monoisotopic (exact) mass is 267 g/mol. The predicted molar refractivity (Wildman–Crippen MR) is 82.2 cm³/mol. The Hall–Kier alpha value is -1.80. The van der Waals surface area contributed by atoms with E-state index in [-0.39, 0.29) is 0 Å². The van der Waals surface area contributed by atoms with Crippen molar-refractivity contribution in [1.29, 1.82) is 0 Å². The molecule has 2 aromatic rings. The Labute approximate surface area is 120 Å². The zero-order chi connectivity index (χ0) is 13.8. The van der Waals surface area contributed by atoms with Crippen molar-refractivity contribution >= 4 is 0 Å². The Morgan fingerprint density at radius 2 is 1.85 bits per heavy atom. The molecule has 1 heterocycles. The Morgan fingerprint density at radius 3 is 2.70 bits per heavy atom. The lowest BCUT2D eigenvalue weighted by Gasteiger charge is -2.27. The lowest BCUT2D eigenvalue weighted by Crippen LogP contribution is -2.28.